The van der Waals surface area contributed by atoms with E-state index in [1.165, 1.54) is 18.2 Å². The van der Waals surface area contributed by atoms with E-state index < -0.39 is 34.7 Å². The van der Waals surface area contributed by atoms with Crippen LogP contribution in [0.4, 0.5) is 8.78 Å². The SMILES string of the molecule is CS(=O)(=O)Oc1cc(C(O[C@@H](Cc2c(Cl)c[n+]([O-])cc2Cl)c2ccc(OC(F)F)c(OCC3CC3)c2)c2ccccc2)ccc1O. The predicted molar refractivity (Wildman–Crippen MR) is 166 cm³/mol. The molecule has 0 amide bonds. The number of phenolic OH excluding ortho intramolecular Hbond substituents is 1. The van der Waals surface area contributed by atoms with Gasteiger partial charge in [-0.05, 0) is 59.7 Å². The number of benzene rings is 3. The fourth-order valence-electron chi connectivity index (χ4n) is 4.74. The molecule has 1 fully saturated rings. The van der Waals surface area contributed by atoms with E-state index in [-0.39, 0.29) is 33.7 Å². The minimum atomic E-state index is -3.99. The van der Waals surface area contributed by atoms with Gasteiger partial charge in [0.15, 0.2) is 35.4 Å². The number of halogens is 4. The maximum atomic E-state index is 13.3. The van der Waals surface area contributed by atoms with Crippen molar-refractivity contribution in [1.82, 2.24) is 0 Å². The Hall–Kier alpha value is -3.84. The number of aromatic hydroxyl groups is 1. The highest BCUT2D eigenvalue weighted by Crippen LogP contribution is 2.42. The Morgan fingerprint density at radius 2 is 1.59 bits per heavy atom. The van der Waals surface area contributed by atoms with Crippen molar-refractivity contribution in [1.29, 1.82) is 0 Å². The first kappa shape index (κ1) is 33.5. The molecule has 2 atom stereocenters. The molecule has 1 aliphatic rings. The maximum absolute atomic E-state index is 13.3. The van der Waals surface area contributed by atoms with Crippen LogP contribution in [0, 0.1) is 11.1 Å². The van der Waals surface area contributed by atoms with Crippen LogP contribution in [0.3, 0.4) is 0 Å². The largest absolute Gasteiger partial charge is 0.619 e. The first-order valence-electron chi connectivity index (χ1n) is 14.1. The third-order valence-corrected chi connectivity index (χ3v) is 8.24. The summed E-state index contributed by atoms with van der Waals surface area (Å²) >= 11 is 12.9. The Morgan fingerprint density at radius 3 is 2.22 bits per heavy atom. The highest BCUT2D eigenvalue weighted by atomic mass is 35.5. The van der Waals surface area contributed by atoms with Gasteiger partial charge in [0.2, 0.25) is 0 Å². The zero-order valence-electron chi connectivity index (χ0n) is 24.3. The lowest BCUT2D eigenvalue weighted by Crippen LogP contribution is -2.25. The van der Waals surface area contributed by atoms with E-state index in [1.54, 1.807) is 48.5 Å². The fraction of sp³-hybridized carbons (Fsp3) is 0.281. The molecule has 244 valence electrons. The number of alkyl halides is 2. The molecule has 0 radical (unpaired) electrons. The van der Waals surface area contributed by atoms with Crippen molar-refractivity contribution in [3.8, 4) is 23.0 Å². The van der Waals surface area contributed by atoms with Gasteiger partial charge in [-0.15, -0.1) is 0 Å². The van der Waals surface area contributed by atoms with Gasteiger partial charge < -0.3 is 28.7 Å². The molecule has 0 spiro atoms. The minimum absolute atomic E-state index is 0.0176. The average molecular weight is 697 g/mol. The number of hydrogen-bond donors (Lipinski definition) is 1. The van der Waals surface area contributed by atoms with Crippen molar-refractivity contribution >= 4 is 33.3 Å². The summed E-state index contributed by atoms with van der Waals surface area (Å²) in [4.78, 5) is 0. The van der Waals surface area contributed by atoms with Gasteiger partial charge in [-0.3, -0.25) is 0 Å². The number of pyridine rings is 1. The van der Waals surface area contributed by atoms with E-state index in [2.05, 4.69) is 0 Å². The maximum Gasteiger partial charge on any atom is 0.387 e. The van der Waals surface area contributed by atoms with Gasteiger partial charge in [-0.25, -0.2) is 0 Å². The van der Waals surface area contributed by atoms with Gasteiger partial charge in [0.1, 0.15) is 16.1 Å². The lowest BCUT2D eigenvalue weighted by molar-refractivity contribution is -0.605. The smallest absolute Gasteiger partial charge is 0.387 e. The molecular formula is C32H29Cl2F2NO8S. The summed E-state index contributed by atoms with van der Waals surface area (Å²) in [6, 6.07) is 17.6. The summed E-state index contributed by atoms with van der Waals surface area (Å²) < 4.78 is 73.2. The molecule has 0 bridgehead atoms. The summed E-state index contributed by atoms with van der Waals surface area (Å²) in [6.45, 7) is -2.76. The van der Waals surface area contributed by atoms with Crippen molar-refractivity contribution in [3.63, 3.8) is 0 Å². The molecule has 1 aliphatic carbocycles. The molecule has 1 heterocycles. The number of rotatable bonds is 14. The summed E-state index contributed by atoms with van der Waals surface area (Å²) in [5, 5.41) is 22.5. The second kappa shape index (κ2) is 14.3. The Labute approximate surface area is 274 Å². The summed E-state index contributed by atoms with van der Waals surface area (Å²) in [5.41, 5.74) is 1.92. The first-order valence-corrected chi connectivity index (χ1v) is 16.6. The Bertz CT molecular complexity index is 1770. The molecule has 9 nitrogen and oxygen atoms in total. The minimum Gasteiger partial charge on any atom is -0.619 e. The third kappa shape index (κ3) is 8.91. The third-order valence-electron chi connectivity index (χ3n) is 7.10. The van der Waals surface area contributed by atoms with Crippen LogP contribution in [0.1, 0.15) is 47.3 Å². The molecule has 14 heteroatoms. The molecule has 1 unspecified atom stereocenters. The molecule has 0 saturated heterocycles. The molecule has 1 saturated carbocycles. The quantitative estimate of drug-likeness (QED) is 0.0840. The topological polar surface area (TPSA) is 118 Å². The molecule has 1 aromatic heterocycles. The highest BCUT2D eigenvalue weighted by Gasteiger charge is 2.28. The number of aromatic nitrogens is 1. The van der Waals surface area contributed by atoms with Crippen molar-refractivity contribution in [2.24, 2.45) is 5.92 Å². The molecule has 1 N–H and O–H groups in total. The van der Waals surface area contributed by atoms with Crippen LogP contribution < -0.4 is 18.4 Å². The standard InChI is InChI=1S/C32H29Cl2F2NO8S/c1-46(40,41)45-29-14-22(9-11-26(29)38)31(20-5-3-2-4-6-20)43-28(15-23-24(33)16-37(39)17-25(23)34)21-10-12-27(44-32(35)36)30(13-21)42-18-19-7-8-19/h2-6,9-14,16-17,19,28,31-32,38H,7-8,15,18H2,1H3/t28-,31?/m0/s1. The van der Waals surface area contributed by atoms with Gasteiger partial charge >= 0.3 is 16.7 Å². The molecule has 46 heavy (non-hydrogen) atoms. The van der Waals surface area contributed by atoms with Gasteiger partial charge in [0.25, 0.3) is 0 Å². The second-order valence-corrected chi connectivity index (χ2v) is 13.2. The van der Waals surface area contributed by atoms with E-state index in [4.69, 9.17) is 41.6 Å². The van der Waals surface area contributed by atoms with E-state index in [9.17, 15) is 27.5 Å². The Morgan fingerprint density at radius 1 is 0.935 bits per heavy atom. The van der Waals surface area contributed by atoms with Crippen molar-refractivity contribution < 1.29 is 45.4 Å². The van der Waals surface area contributed by atoms with Crippen LogP contribution in [0.25, 0.3) is 0 Å². The Kier molecular flexibility index (Phi) is 10.4. The van der Waals surface area contributed by atoms with E-state index in [0.717, 1.165) is 31.5 Å². The van der Waals surface area contributed by atoms with Crippen molar-refractivity contribution in [3.05, 3.63) is 117 Å². The van der Waals surface area contributed by atoms with E-state index >= 15 is 0 Å². The predicted octanol–water partition coefficient (Wildman–Crippen LogP) is 7.15. The Balaban J connectivity index is 1.61. The summed E-state index contributed by atoms with van der Waals surface area (Å²) in [7, 11) is -3.99. The lowest BCUT2D eigenvalue weighted by atomic mass is 9.97. The van der Waals surface area contributed by atoms with Crippen molar-refractivity contribution in [2.75, 3.05) is 12.9 Å². The van der Waals surface area contributed by atoms with Crippen molar-refractivity contribution in [2.45, 2.75) is 38.1 Å². The van der Waals surface area contributed by atoms with Crippen LogP contribution in [-0.2, 0) is 21.3 Å². The number of nitrogens with zero attached hydrogens (tertiary/aromatic N) is 1. The molecular weight excluding hydrogens is 667 g/mol. The van der Waals surface area contributed by atoms with Gasteiger partial charge in [0.05, 0.1) is 19.0 Å². The zero-order valence-corrected chi connectivity index (χ0v) is 26.6. The lowest BCUT2D eigenvalue weighted by Gasteiger charge is -2.28. The summed E-state index contributed by atoms with van der Waals surface area (Å²) in [6.07, 6.45) is 3.30. The van der Waals surface area contributed by atoms with Gasteiger partial charge in [-0.1, -0.05) is 65.7 Å². The fourth-order valence-corrected chi connectivity index (χ4v) is 5.80. The molecule has 0 aliphatic heterocycles. The second-order valence-electron chi connectivity index (χ2n) is 10.8. The number of phenols is 1. The zero-order chi connectivity index (χ0) is 33.0. The van der Waals surface area contributed by atoms with Gasteiger partial charge in [0, 0.05) is 12.0 Å². The normalized spacial score (nSPS) is 14.6. The molecule has 5 rings (SSSR count). The number of hydrogen-bond acceptors (Lipinski definition) is 8. The van der Waals surface area contributed by atoms with Crippen LogP contribution in [0.2, 0.25) is 10.0 Å². The van der Waals surface area contributed by atoms with Crippen LogP contribution in [-0.4, -0.2) is 33.0 Å². The van der Waals surface area contributed by atoms with Crippen LogP contribution >= 0.6 is 23.2 Å². The number of ether oxygens (including phenoxy) is 3. The first-order chi connectivity index (χ1) is 21.9. The molecule has 4 aromatic rings. The molecule has 3 aromatic carbocycles. The monoisotopic (exact) mass is 695 g/mol. The van der Waals surface area contributed by atoms with Gasteiger partial charge in [-0.2, -0.15) is 21.9 Å². The van der Waals surface area contributed by atoms with Crippen LogP contribution in [0.5, 0.6) is 23.0 Å². The summed E-state index contributed by atoms with van der Waals surface area (Å²) in [5.74, 6) is -0.457. The van der Waals surface area contributed by atoms with Crippen LogP contribution in [0.15, 0.2) is 79.1 Å². The van der Waals surface area contributed by atoms with E-state index in [1.807, 2.05) is 0 Å². The highest BCUT2D eigenvalue weighted by molar-refractivity contribution is 7.86. The van der Waals surface area contributed by atoms with E-state index in [0.29, 0.717) is 39.5 Å². The average Bonchev–Trinajstić information content (AvgIpc) is 3.81.